The van der Waals surface area contributed by atoms with Crippen molar-refractivity contribution in [3.8, 4) is 0 Å². The van der Waals surface area contributed by atoms with Crippen molar-refractivity contribution in [3.63, 3.8) is 0 Å². The predicted molar refractivity (Wildman–Crippen MR) is 170 cm³/mol. The SMILES string of the molecule is CCCCCC(=O)N1c2ccccc2NC2=C(C(=O)C[C@@H](c3ccc(C(C)(C)C)cc3)C2)[C@@H]1c1ccc(Cl)cc1Cl. The van der Waals surface area contributed by atoms with Gasteiger partial charge in [0.1, 0.15) is 0 Å². The van der Waals surface area contributed by atoms with Crippen LogP contribution in [0.4, 0.5) is 11.4 Å². The van der Waals surface area contributed by atoms with E-state index in [1.165, 1.54) is 5.56 Å². The third kappa shape index (κ3) is 6.10. The quantitative estimate of drug-likeness (QED) is 0.291. The smallest absolute Gasteiger partial charge is 0.227 e. The number of benzene rings is 3. The minimum absolute atomic E-state index is 0.0230. The van der Waals surface area contributed by atoms with Gasteiger partial charge in [0.15, 0.2) is 5.78 Å². The number of ketones is 1. The maximum Gasteiger partial charge on any atom is 0.227 e. The molecular weight excluding hydrogens is 551 g/mol. The Kier molecular flexibility index (Phi) is 8.63. The Labute approximate surface area is 253 Å². The molecule has 3 aromatic carbocycles. The van der Waals surface area contributed by atoms with Crippen LogP contribution in [-0.2, 0) is 15.0 Å². The lowest BCUT2D eigenvalue weighted by Crippen LogP contribution is -2.38. The lowest BCUT2D eigenvalue weighted by Gasteiger charge is -2.35. The van der Waals surface area contributed by atoms with E-state index in [1.807, 2.05) is 30.3 Å². The number of anilines is 2. The van der Waals surface area contributed by atoms with Gasteiger partial charge in [0, 0.05) is 34.2 Å². The van der Waals surface area contributed by atoms with Crippen LogP contribution in [0.25, 0.3) is 0 Å². The lowest BCUT2D eigenvalue weighted by atomic mass is 9.77. The van der Waals surface area contributed by atoms with Crippen molar-refractivity contribution in [1.82, 2.24) is 0 Å². The van der Waals surface area contributed by atoms with E-state index in [0.29, 0.717) is 40.4 Å². The van der Waals surface area contributed by atoms with Crippen LogP contribution in [0.5, 0.6) is 0 Å². The molecular formula is C35H38Cl2N2O2. The highest BCUT2D eigenvalue weighted by atomic mass is 35.5. The van der Waals surface area contributed by atoms with Gasteiger partial charge in [-0.25, -0.2) is 0 Å². The highest BCUT2D eigenvalue weighted by Crippen LogP contribution is 2.49. The van der Waals surface area contributed by atoms with Crippen molar-refractivity contribution < 1.29 is 9.59 Å². The average Bonchev–Trinajstić information content (AvgIpc) is 3.07. The molecule has 0 radical (unpaired) electrons. The summed E-state index contributed by atoms with van der Waals surface area (Å²) >= 11 is 13.1. The fourth-order valence-electron chi connectivity index (χ4n) is 6.02. The van der Waals surface area contributed by atoms with Crippen LogP contribution in [0.2, 0.25) is 10.0 Å². The number of nitrogens with one attached hydrogen (secondary N) is 1. The minimum atomic E-state index is -0.656. The molecule has 1 heterocycles. The molecule has 0 spiro atoms. The number of Topliss-reactive ketones (excluding diaryl/α,β-unsaturated/α-hetero) is 1. The molecule has 2 aliphatic rings. The first kappa shape index (κ1) is 29.4. The van der Waals surface area contributed by atoms with Crippen LogP contribution >= 0.6 is 23.2 Å². The van der Waals surface area contributed by atoms with Crippen LogP contribution in [0.1, 0.15) is 94.9 Å². The number of hydrogen-bond donors (Lipinski definition) is 1. The number of unbranched alkanes of at least 4 members (excludes halogenated alkanes) is 2. The fourth-order valence-corrected chi connectivity index (χ4v) is 6.53. The van der Waals surface area contributed by atoms with Crippen molar-refractivity contribution in [1.29, 1.82) is 0 Å². The number of para-hydroxylation sites is 2. The van der Waals surface area contributed by atoms with Gasteiger partial charge in [-0.2, -0.15) is 0 Å². The van der Waals surface area contributed by atoms with Gasteiger partial charge in [-0.05, 0) is 65.1 Å². The first-order valence-electron chi connectivity index (χ1n) is 14.6. The maximum absolute atomic E-state index is 14.2. The molecule has 1 N–H and O–H groups in total. The Hall–Kier alpha value is -3.08. The standard InChI is InChI=1S/C35H38Cl2N2O2/c1-5-6-7-12-32(41)39-30-11-9-8-10-28(30)38-29-19-23(22-13-15-24(16-14-22)35(2,3)4)20-31(40)33(29)34(39)26-18-17-25(36)21-27(26)37/h8-11,13-18,21,23,34,38H,5-7,12,19-20H2,1-4H3/t23-,34-/m0/s1. The molecule has 0 bridgehead atoms. The monoisotopic (exact) mass is 588 g/mol. The summed E-state index contributed by atoms with van der Waals surface area (Å²) in [6, 6.07) is 21.1. The Morgan fingerprint density at radius 3 is 2.39 bits per heavy atom. The average molecular weight is 590 g/mol. The molecule has 1 aliphatic heterocycles. The van der Waals surface area contributed by atoms with E-state index < -0.39 is 6.04 Å². The zero-order chi connectivity index (χ0) is 29.3. The zero-order valence-corrected chi connectivity index (χ0v) is 25.8. The lowest BCUT2D eigenvalue weighted by molar-refractivity contribution is -0.119. The molecule has 0 unspecified atom stereocenters. The van der Waals surface area contributed by atoms with E-state index in [-0.39, 0.29) is 23.0 Å². The molecule has 41 heavy (non-hydrogen) atoms. The molecule has 0 fully saturated rings. The molecule has 5 rings (SSSR count). The van der Waals surface area contributed by atoms with Crippen LogP contribution < -0.4 is 10.2 Å². The van der Waals surface area contributed by atoms with Gasteiger partial charge < -0.3 is 5.32 Å². The Balaban J connectivity index is 1.64. The second kappa shape index (κ2) is 12.0. The molecule has 1 amide bonds. The first-order chi connectivity index (χ1) is 19.6. The molecule has 1 aliphatic carbocycles. The van der Waals surface area contributed by atoms with Gasteiger partial charge in [-0.3, -0.25) is 14.5 Å². The molecule has 6 heteroatoms. The molecule has 214 valence electrons. The molecule has 0 saturated heterocycles. The third-order valence-electron chi connectivity index (χ3n) is 8.26. The number of rotatable bonds is 6. The van der Waals surface area contributed by atoms with E-state index in [9.17, 15) is 9.59 Å². The first-order valence-corrected chi connectivity index (χ1v) is 15.3. The number of allylic oxidation sites excluding steroid dienone is 1. The summed E-state index contributed by atoms with van der Waals surface area (Å²) < 4.78 is 0. The molecule has 3 aromatic rings. The van der Waals surface area contributed by atoms with E-state index in [1.54, 1.807) is 17.0 Å². The van der Waals surface area contributed by atoms with Crippen LogP contribution in [-0.4, -0.2) is 11.7 Å². The van der Waals surface area contributed by atoms with Gasteiger partial charge in [-0.15, -0.1) is 0 Å². The summed E-state index contributed by atoms with van der Waals surface area (Å²) in [7, 11) is 0. The number of halogens is 2. The van der Waals surface area contributed by atoms with E-state index >= 15 is 0 Å². The number of amides is 1. The second-order valence-electron chi connectivity index (χ2n) is 12.2. The highest BCUT2D eigenvalue weighted by Gasteiger charge is 2.42. The van der Waals surface area contributed by atoms with Crippen molar-refractivity contribution in [3.05, 3.63) is 105 Å². The zero-order valence-electron chi connectivity index (χ0n) is 24.3. The van der Waals surface area contributed by atoms with Crippen molar-refractivity contribution in [2.75, 3.05) is 10.2 Å². The van der Waals surface area contributed by atoms with E-state index in [2.05, 4.69) is 57.3 Å². The summed E-state index contributed by atoms with van der Waals surface area (Å²) in [4.78, 5) is 30.1. The van der Waals surface area contributed by atoms with Crippen molar-refractivity contribution in [2.24, 2.45) is 0 Å². The molecule has 2 atom stereocenters. The third-order valence-corrected chi connectivity index (χ3v) is 8.82. The second-order valence-corrected chi connectivity index (χ2v) is 13.1. The van der Waals surface area contributed by atoms with Crippen molar-refractivity contribution in [2.45, 2.75) is 83.6 Å². The minimum Gasteiger partial charge on any atom is -0.357 e. The van der Waals surface area contributed by atoms with Gasteiger partial charge in [0.05, 0.1) is 17.4 Å². The summed E-state index contributed by atoms with van der Waals surface area (Å²) in [5.41, 5.74) is 6.18. The predicted octanol–water partition coefficient (Wildman–Crippen LogP) is 9.77. The van der Waals surface area contributed by atoms with E-state index in [4.69, 9.17) is 23.2 Å². The van der Waals surface area contributed by atoms with Gasteiger partial charge in [0.2, 0.25) is 5.91 Å². The van der Waals surface area contributed by atoms with Gasteiger partial charge >= 0.3 is 0 Å². The molecule has 0 aromatic heterocycles. The maximum atomic E-state index is 14.2. The largest absolute Gasteiger partial charge is 0.357 e. The number of carbonyl (C=O) groups excluding carboxylic acids is 2. The van der Waals surface area contributed by atoms with Crippen molar-refractivity contribution >= 4 is 46.3 Å². The topological polar surface area (TPSA) is 49.4 Å². The molecule has 4 nitrogen and oxygen atoms in total. The number of hydrogen-bond acceptors (Lipinski definition) is 3. The van der Waals surface area contributed by atoms with Gasteiger partial charge in [0.25, 0.3) is 0 Å². The number of carbonyl (C=O) groups is 2. The number of fused-ring (bicyclic) bond motifs is 1. The summed E-state index contributed by atoms with van der Waals surface area (Å²) in [5.74, 6) is 0.0343. The normalized spacial score (nSPS) is 18.9. The van der Waals surface area contributed by atoms with Crippen LogP contribution in [0.3, 0.4) is 0 Å². The summed E-state index contributed by atoms with van der Waals surface area (Å²) in [6.45, 7) is 8.73. The Morgan fingerprint density at radius 2 is 1.71 bits per heavy atom. The Morgan fingerprint density at radius 1 is 0.976 bits per heavy atom. The Bertz CT molecular complexity index is 1490. The van der Waals surface area contributed by atoms with Crippen LogP contribution in [0.15, 0.2) is 78.0 Å². The number of nitrogens with zero attached hydrogens (tertiary/aromatic N) is 1. The fraction of sp³-hybridized carbons (Fsp3) is 0.371. The highest BCUT2D eigenvalue weighted by molar-refractivity contribution is 6.35. The van der Waals surface area contributed by atoms with Crippen LogP contribution in [0, 0.1) is 0 Å². The summed E-state index contributed by atoms with van der Waals surface area (Å²) in [6.07, 6.45) is 4.19. The molecule has 0 saturated carbocycles. The summed E-state index contributed by atoms with van der Waals surface area (Å²) in [5, 5.41) is 4.55. The van der Waals surface area contributed by atoms with Gasteiger partial charge in [-0.1, -0.05) is 106 Å². The van der Waals surface area contributed by atoms with E-state index in [0.717, 1.165) is 41.9 Å².